The van der Waals surface area contributed by atoms with Gasteiger partial charge in [-0.3, -0.25) is 0 Å². The molecule has 0 unspecified atom stereocenters. The topological polar surface area (TPSA) is 0 Å². The van der Waals surface area contributed by atoms with Gasteiger partial charge >= 0.3 is 0 Å². The Balaban J connectivity index is 3.84. The molecule has 44 valence electrons. The number of hydrogen-bond donors (Lipinski definition) is 0. The zero-order chi connectivity index (χ0) is 6.41. The molecular weight excluding hydrogens is 120 g/mol. The highest BCUT2D eigenvalue weighted by molar-refractivity contribution is 6.19. The third kappa shape index (κ3) is 2.64. The number of hydrogen-bond acceptors (Lipinski definition) is 0. The second-order valence-electron chi connectivity index (χ2n) is 1.32. The third-order valence-electron chi connectivity index (χ3n) is 0.748. The van der Waals surface area contributed by atoms with Crippen LogP contribution in [0.2, 0.25) is 0 Å². The lowest BCUT2D eigenvalue weighted by molar-refractivity contribution is 1.55. The number of rotatable bonds is 3. The molecule has 0 aromatic rings. The van der Waals surface area contributed by atoms with Gasteiger partial charge in [-0.2, -0.15) is 0 Å². The van der Waals surface area contributed by atoms with Crippen LogP contribution in [0.5, 0.6) is 0 Å². The molecule has 0 aromatic carbocycles. The van der Waals surface area contributed by atoms with Gasteiger partial charge in [-0.15, -0.1) is 11.6 Å². The lowest BCUT2D eigenvalue weighted by Crippen LogP contribution is -1.74. The van der Waals surface area contributed by atoms with Gasteiger partial charge in [-0.05, 0) is 5.57 Å². The van der Waals surface area contributed by atoms with Crippen molar-refractivity contribution in [2.45, 2.75) is 0 Å². The number of alkyl halides is 1. The van der Waals surface area contributed by atoms with E-state index in [0.717, 1.165) is 5.57 Å². The van der Waals surface area contributed by atoms with E-state index in [9.17, 15) is 0 Å². The molecule has 0 saturated carbocycles. The van der Waals surface area contributed by atoms with E-state index >= 15 is 0 Å². The van der Waals surface area contributed by atoms with Crippen LogP contribution in [0.15, 0.2) is 37.0 Å². The normalized spacial score (nSPS) is 10.9. The van der Waals surface area contributed by atoms with Crippen molar-refractivity contribution in [2.75, 3.05) is 5.88 Å². The Hall–Kier alpha value is -0.490. The van der Waals surface area contributed by atoms with Crippen LogP contribution >= 0.6 is 11.6 Å². The van der Waals surface area contributed by atoms with Gasteiger partial charge in [0.25, 0.3) is 0 Å². The largest absolute Gasteiger partial charge is 0.122 e. The summed E-state index contributed by atoms with van der Waals surface area (Å²) in [5, 5.41) is 0. The average molecular weight is 129 g/mol. The Labute approximate surface area is 55.2 Å². The van der Waals surface area contributed by atoms with Gasteiger partial charge in [-0.25, -0.2) is 0 Å². The van der Waals surface area contributed by atoms with Gasteiger partial charge in [0.1, 0.15) is 0 Å². The molecule has 0 atom stereocenters. The van der Waals surface area contributed by atoms with E-state index in [-0.39, 0.29) is 0 Å². The summed E-state index contributed by atoms with van der Waals surface area (Å²) in [6, 6.07) is 0. The highest BCUT2D eigenvalue weighted by Gasteiger charge is 1.81. The van der Waals surface area contributed by atoms with Crippen molar-refractivity contribution < 1.29 is 0 Å². The van der Waals surface area contributed by atoms with Crippen molar-refractivity contribution in [3.05, 3.63) is 37.0 Å². The molecule has 1 heteroatoms. The lowest BCUT2D eigenvalue weighted by Gasteiger charge is -1.87. The van der Waals surface area contributed by atoms with Crippen molar-refractivity contribution in [3.63, 3.8) is 0 Å². The molecule has 0 spiro atoms. The first kappa shape index (κ1) is 7.51. The highest BCUT2D eigenvalue weighted by Crippen LogP contribution is 1.97. The molecule has 0 heterocycles. The summed E-state index contributed by atoms with van der Waals surface area (Å²) in [7, 11) is 0. The summed E-state index contributed by atoms with van der Waals surface area (Å²) in [5.74, 6) is 0.509. The van der Waals surface area contributed by atoms with Crippen LogP contribution in [0.25, 0.3) is 0 Å². The average Bonchev–Trinajstić information content (AvgIpc) is 1.83. The van der Waals surface area contributed by atoms with Crippen molar-refractivity contribution in [1.82, 2.24) is 0 Å². The summed E-state index contributed by atoms with van der Waals surface area (Å²) in [4.78, 5) is 0. The predicted octanol–water partition coefficient (Wildman–Crippen LogP) is 2.52. The Morgan fingerprint density at radius 2 is 2.12 bits per heavy atom. The standard InChI is InChI=1S/C7H9Cl/c1-3-5-7(4-2)6-8/h3-5H,1-2,6H2. The predicted molar refractivity (Wildman–Crippen MR) is 39.2 cm³/mol. The van der Waals surface area contributed by atoms with E-state index in [1.165, 1.54) is 0 Å². The molecule has 0 aromatic heterocycles. The van der Waals surface area contributed by atoms with E-state index in [0.29, 0.717) is 5.88 Å². The smallest absolute Gasteiger partial charge is 0.0473 e. The molecule has 0 radical (unpaired) electrons. The van der Waals surface area contributed by atoms with E-state index in [2.05, 4.69) is 13.2 Å². The minimum atomic E-state index is 0.509. The fourth-order valence-electron chi connectivity index (χ4n) is 0.319. The Kier molecular flexibility index (Phi) is 4.38. The van der Waals surface area contributed by atoms with Crippen LogP contribution in [0.4, 0.5) is 0 Å². The van der Waals surface area contributed by atoms with E-state index < -0.39 is 0 Å². The van der Waals surface area contributed by atoms with Crippen LogP contribution in [0, 0.1) is 0 Å². The SMILES string of the molecule is C=CC=C(C=C)CCl. The van der Waals surface area contributed by atoms with Gasteiger partial charge in [-0.1, -0.05) is 31.4 Å². The molecule has 0 N–H and O–H groups in total. The molecule has 0 aliphatic carbocycles. The van der Waals surface area contributed by atoms with Gasteiger partial charge in [0.05, 0.1) is 0 Å². The van der Waals surface area contributed by atoms with Crippen molar-refractivity contribution in [3.8, 4) is 0 Å². The quantitative estimate of drug-likeness (QED) is 0.405. The Morgan fingerprint density at radius 1 is 1.50 bits per heavy atom. The van der Waals surface area contributed by atoms with Gasteiger partial charge in [0.2, 0.25) is 0 Å². The first-order chi connectivity index (χ1) is 3.85. The molecule has 0 saturated heterocycles. The van der Waals surface area contributed by atoms with Crippen LogP contribution < -0.4 is 0 Å². The van der Waals surface area contributed by atoms with E-state index in [1.807, 2.05) is 6.08 Å². The maximum atomic E-state index is 5.46. The van der Waals surface area contributed by atoms with Crippen molar-refractivity contribution in [1.29, 1.82) is 0 Å². The summed E-state index contributed by atoms with van der Waals surface area (Å²) < 4.78 is 0. The summed E-state index contributed by atoms with van der Waals surface area (Å²) >= 11 is 5.46. The van der Waals surface area contributed by atoms with E-state index in [1.54, 1.807) is 12.2 Å². The maximum Gasteiger partial charge on any atom is 0.0473 e. The fraction of sp³-hybridized carbons (Fsp3) is 0.143. The molecule has 0 rings (SSSR count). The van der Waals surface area contributed by atoms with Gasteiger partial charge in [0.15, 0.2) is 0 Å². The summed E-state index contributed by atoms with van der Waals surface area (Å²) in [6.07, 6.45) is 5.24. The minimum absolute atomic E-state index is 0.509. The molecule has 0 fully saturated rings. The van der Waals surface area contributed by atoms with Crippen LogP contribution in [-0.4, -0.2) is 5.88 Å². The zero-order valence-electron chi connectivity index (χ0n) is 4.73. The zero-order valence-corrected chi connectivity index (χ0v) is 5.49. The van der Waals surface area contributed by atoms with Crippen LogP contribution in [0.3, 0.4) is 0 Å². The Bertz CT molecular complexity index is 112. The Morgan fingerprint density at radius 3 is 2.25 bits per heavy atom. The first-order valence-corrected chi connectivity index (χ1v) is 2.88. The van der Waals surface area contributed by atoms with Crippen molar-refractivity contribution >= 4 is 11.6 Å². The highest BCUT2D eigenvalue weighted by atomic mass is 35.5. The van der Waals surface area contributed by atoms with Gasteiger partial charge < -0.3 is 0 Å². The molecular formula is C7H9Cl. The fourth-order valence-corrected chi connectivity index (χ4v) is 0.517. The van der Waals surface area contributed by atoms with Gasteiger partial charge in [0, 0.05) is 5.88 Å². The van der Waals surface area contributed by atoms with Crippen LogP contribution in [0.1, 0.15) is 0 Å². The molecule has 0 amide bonds. The molecule has 8 heavy (non-hydrogen) atoms. The molecule has 0 nitrogen and oxygen atoms in total. The van der Waals surface area contributed by atoms with Crippen molar-refractivity contribution in [2.24, 2.45) is 0 Å². The molecule has 0 bridgehead atoms. The minimum Gasteiger partial charge on any atom is -0.122 e. The summed E-state index contributed by atoms with van der Waals surface area (Å²) in [5.41, 5.74) is 1.00. The second-order valence-corrected chi connectivity index (χ2v) is 1.58. The number of allylic oxidation sites excluding steroid dienone is 4. The van der Waals surface area contributed by atoms with Crippen LogP contribution in [-0.2, 0) is 0 Å². The monoisotopic (exact) mass is 128 g/mol. The van der Waals surface area contributed by atoms with E-state index in [4.69, 9.17) is 11.6 Å². The molecule has 0 aliphatic heterocycles. The second kappa shape index (κ2) is 4.66. The lowest BCUT2D eigenvalue weighted by atomic mass is 10.3. The summed E-state index contributed by atoms with van der Waals surface area (Å²) in [6.45, 7) is 7.06. The first-order valence-electron chi connectivity index (χ1n) is 2.35. The third-order valence-corrected chi connectivity index (χ3v) is 1.06. The number of halogens is 1. The molecule has 0 aliphatic rings. The maximum absolute atomic E-state index is 5.46.